The zero-order valence-corrected chi connectivity index (χ0v) is 20.6. The van der Waals surface area contributed by atoms with Crippen LogP contribution in [0.2, 0.25) is 5.02 Å². The van der Waals surface area contributed by atoms with E-state index in [1.54, 1.807) is 29.2 Å². The Kier molecular flexibility index (Phi) is 5.88. The van der Waals surface area contributed by atoms with Crippen LogP contribution in [0, 0.1) is 5.82 Å². The molecule has 3 aliphatic rings. The molecule has 2 aromatic carbocycles. The Morgan fingerprint density at radius 1 is 1.08 bits per heavy atom. The van der Waals surface area contributed by atoms with E-state index in [4.69, 9.17) is 11.6 Å². The number of nitrogens with one attached hydrogen (secondary N) is 1. The van der Waals surface area contributed by atoms with Crippen molar-refractivity contribution in [2.75, 3.05) is 26.2 Å². The van der Waals surface area contributed by atoms with Crippen molar-refractivity contribution in [3.63, 3.8) is 0 Å². The number of phenolic OH excluding ortho intramolecular Hbond substituents is 1. The predicted molar refractivity (Wildman–Crippen MR) is 135 cm³/mol. The molecule has 0 aliphatic carbocycles. The van der Waals surface area contributed by atoms with Gasteiger partial charge in [-0.05, 0) is 67.7 Å². The summed E-state index contributed by atoms with van der Waals surface area (Å²) in [5, 5.41) is 10.8. The first kappa shape index (κ1) is 23.3. The van der Waals surface area contributed by atoms with Gasteiger partial charge in [-0.3, -0.25) is 9.69 Å². The molecule has 2 fully saturated rings. The van der Waals surface area contributed by atoms with Gasteiger partial charge in [-0.15, -0.1) is 0 Å². The van der Waals surface area contributed by atoms with Crippen LogP contribution in [0.4, 0.5) is 9.18 Å². The van der Waals surface area contributed by atoms with Crippen LogP contribution >= 0.6 is 11.6 Å². The highest BCUT2D eigenvalue weighted by atomic mass is 35.5. The van der Waals surface area contributed by atoms with Gasteiger partial charge >= 0.3 is 6.03 Å². The van der Waals surface area contributed by atoms with Gasteiger partial charge in [0, 0.05) is 36.1 Å². The number of fused-ring (bicyclic) bond motifs is 4. The van der Waals surface area contributed by atoms with Gasteiger partial charge in [0.1, 0.15) is 17.6 Å². The van der Waals surface area contributed by atoms with Gasteiger partial charge in [0.05, 0.1) is 11.1 Å². The molecular formula is C27H28ClFN4O3. The molecule has 2 saturated heterocycles. The maximum Gasteiger partial charge on any atom is 0.328 e. The van der Waals surface area contributed by atoms with E-state index >= 15 is 0 Å². The number of urea groups is 1. The minimum absolute atomic E-state index is 0.0215. The lowest BCUT2D eigenvalue weighted by atomic mass is 9.89. The van der Waals surface area contributed by atoms with Gasteiger partial charge in [-0.2, -0.15) is 0 Å². The highest BCUT2D eigenvalue weighted by Gasteiger charge is 2.52. The molecule has 2 atom stereocenters. The molecule has 36 heavy (non-hydrogen) atoms. The largest absolute Gasteiger partial charge is 0.508 e. The zero-order valence-electron chi connectivity index (χ0n) is 19.8. The predicted octanol–water partition coefficient (Wildman–Crippen LogP) is 4.62. The third-order valence-corrected chi connectivity index (χ3v) is 8.10. The van der Waals surface area contributed by atoms with E-state index in [0.717, 1.165) is 48.1 Å². The number of carbonyl (C=O) groups excluding carboxylic acids is 2. The number of halogens is 2. The Hall–Kier alpha value is -3.10. The van der Waals surface area contributed by atoms with Crippen LogP contribution in [-0.4, -0.2) is 68.9 Å². The Bertz CT molecular complexity index is 1350. The average molecular weight is 511 g/mol. The summed E-state index contributed by atoms with van der Waals surface area (Å²) in [4.78, 5) is 36.0. The van der Waals surface area contributed by atoms with Crippen LogP contribution in [0.5, 0.6) is 5.75 Å². The Labute approximate surface area is 213 Å². The van der Waals surface area contributed by atoms with Crippen molar-refractivity contribution in [1.82, 2.24) is 19.7 Å². The summed E-state index contributed by atoms with van der Waals surface area (Å²) in [6.45, 7) is 3.04. The van der Waals surface area contributed by atoms with Crippen molar-refractivity contribution in [3.8, 4) is 5.75 Å². The van der Waals surface area contributed by atoms with Gasteiger partial charge in [0.25, 0.3) is 5.91 Å². The molecule has 4 heterocycles. The molecule has 1 aromatic heterocycles. The van der Waals surface area contributed by atoms with Crippen LogP contribution in [0.3, 0.4) is 0 Å². The summed E-state index contributed by atoms with van der Waals surface area (Å²) < 4.78 is 14.2. The van der Waals surface area contributed by atoms with Gasteiger partial charge in [0.15, 0.2) is 0 Å². The van der Waals surface area contributed by atoms with E-state index in [-0.39, 0.29) is 22.7 Å². The van der Waals surface area contributed by atoms with Crippen molar-refractivity contribution >= 4 is 34.4 Å². The maximum absolute atomic E-state index is 14.2. The number of hydrogen-bond donors (Lipinski definition) is 2. The first-order valence-corrected chi connectivity index (χ1v) is 12.9. The van der Waals surface area contributed by atoms with E-state index in [2.05, 4.69) is 9.88 Å². The molecule has 0 bridgehead atoms. The lowest BCUT2D eigenvalue weighted by Crippen LogP contribution is -2.44. The van der Waals surface area contributed by atoms with E-state index < -0.39 is 17.9 Å². The van der Waals surface area contributed by atoms with Crippen LogP contribution in [0.1, 0.15) is 42.1 Å². The zero-order chi connectivity index (χ0) is 25.0. The minimum atomic E-state index is -0.628. The van der Waals surface area contributed by atoms with Crippen LogP contribution in [0.15, 0.2) is 36.4 Å². The number of aromatic nitrogens is 1. The SMILES string of the molecule is O=C1[C@@H]2Cc3c([nH]c4cc(F)c(Cl)cc34)C(Cc3cccc(O)c3)N2C(=O)N1CCN1CCCCC1. The molecule has 188 valence electrons. The molecule has 3 aliphatic heterocycles. The first-order chi connectivity index (χ1) is 17.4. The van der Waals surface area contributed by atoms with E-state index in [9.17, 15) is 19.1 Å². The number of amides is 3. The fourth-order valence-corrected chi connectivity index (χ4v) is 6.21. The number of H-pyrrole nitrogens is 1. The number of imide groups is 1. The average Bonchev–Trinajstić information content (AvgIpc) is 3.33. The number of phenols is 1. The molecule has 0 saturated carbocycles. The number of aromatic amines is 1. The number of nitrogens with zero attached hydrogens (tertiary/aromatic N) is 3. The van der Waals surface area contributed by atoms with Gasteiger partial charge in [0.2, 0.25) is 0 Å². The molecule has 0 radical (unpaired) electrons. The second-order valence-electron chi connectivity index (χ2n) is 10.0. The molecule has 7 nitrogen and oxygen atoms in total. The molecular weight excluding hydrogens is 483 g/mol. The highest BCUT2D eigenvalue weighted by molar-refractivity contribution is 6.31. The normalized spacial score (nSPS) is 22.4. The van der Waals surface area contributed by atoms with Gasteiger partial charge < -0.3 is 19.9 Å². The molecule has 9 heteroatoms. The summed E-state index contributed by atoms with van der Waals surface area (Å²) in [5.41, 5.74) is 3.09. The van der Waals surface area contributed by atoms with E-state index in [1.807, 2.05) is 6.07 Å². The number of rotatable bonds is 5. The maximum atomic E-state index is 14.2. The minimum Gasteiger partial charge on any atom is -0.508 e. The monoisotopic (exact) mass is 510 g/mol. The molecule has 3 amide bonds. The molecule has 2 N–H and O–H groups in total. The van der Waals surface area contributed by atoms with Crippen molar-refractivity contribution in [3.05, 3.63) is 64.1 Å². The summed E-state index contributed by atoms with van der Waals surface area (Å²) in [6, 6.07) is 8.48. The van der Waals surface area contributed by atoms with Gasteiger partial charge in [-0.25, -0.2) is 9.18 Å². The number of piperidine rings is 1. The Morgan fingerprint density at radius 3 is 2.67 bits per heavy atom. The van der Waals surface area contributed by atoms with Crippen LogP contribution < -0.4 is 0 Å². The summed E-state index contributed by atoms with van der Waals surface area (Å²) in [5.74, 6) is -0.576. The highest BCUT2D eigenvalue weighted by Crippen LogP contribution is 2.43. The van der Waals surface area contributed by atoms with E-state index in [1.165, 1.54) is 17.4 Å². The van der Waals surface area contributed by atoms with Crippen molar-refractivity contribution in [1.29, 1.82) is 0 Å². The number of benzene rings is 2. The Balaban J connectivity index is 1.37. The lowest BCUT2D eigenvalue weighted by Gasteiger charge is -2.36. The second-order valence-corrected chi connectivity index (χ2v) is 10.4. The molecule has 1 unspecified atom stereocenters. The number of likely N-dealkylation sites (tertiary alicyclic amines) is 1. The number of carbonyl (C=O) groups is 2. The quantitative estimate of drug-likeness (QED) is 0.491. The smallest absolute Gasteiger partial charge is 0.328 e. The van der Waals surface area contributed by atoms with Crippen molar-refractivity contribution in [2.45, 2.75) is 44.2 Å². The van der Waals surface area contributed by atoms with Crippen LogP contribution in [0.25, 0.3) is 10.9 Å². The first-order valence-electron chi connectivity index (χ1n) is 12.5. The third kappa shape index (κ3) is 3.92. The molecule has 6 rings (SSSR count). The summed E-state index contributed by atoms with van der Waals surface area (Å²) in [6.07, 6.45) is 4.27. The van der Waals surface area contributed by atoms with E-state index in [0.29, 0.717) is 31.4 Å². The van der Waals surface area contributed by atoms with Gasteiger partial charge in [-0.1, -0.05) is 30.2 Å². The molecule has 0 spiro atoms. The lowest BCUT2D eigenvalue weighted by molar-refractivity contribution is -0.128. The fraction of sp³-hybridized carbons (Fsp3) is 0.407. The molecule has 3 aromatic rings. The Morgan fingerprint density at radius 2 is 1.89 bits per heavy atom. The number of hydrogen-bond acceptors (Lipinski definition) is 4. The number of aromatic hydroxyl groups is 1. The van der Waals surface area contributed by atoms with Crippen molar-refractivity contribution < 1.29 is 19.1 Å². The topological polar surface area (TPSA) is 79.9 Å². The summed E-state index contributed by atoms with van der Waals surface area (Å²) >= 11 is 6.11. The van der Waals surface area contributed by atoms with Crippen LogP contribution in [-0.2, 0) is 17.6 Å². The summed E-state index contributed by atoms with van der Waals surface area (Å²) in [7, 11) is 0. The van der Waals surface area contributed by atoms with Crippen molar-refractivity contribution in [2.24, 2.45) is 0 Å². The standard InChI is InChI=1S/C27H28ClFN4O3/c28-20-13-18-19-14-24-26(35)32(10-9-31-7-2-1-3-8-31)27(36)33(24)23(12-16-5-4-6-17(34)11-16)25(19)30-22(18)15-21(20)29/h4-6,11,13,15,23-24,30,34H,1-3,7-10,12,14H2/t23?,24-/m0/s1. The second kappa shape index (κ2) is 9.09. The fourth-order valence-electron chi connectivity index (χ4n) is 6.04. The third-order valence-electron chi connectivity index (χ3n) is 7.81.